The van der Waals surface area contributed by atoms with Crippen molar-refractivity contribution in [1.29, 1.82) is 0 Å². The van der Waals surface area contributed by atoms with E-state index in [2.05, 4.69) is 15.2 Å². The van der Waals surface area contributed by atoms with E-state index in [1.54, 1.807) is 18.3 Å². The van der Waals surface area contributed by atoms with Crippen LogP contribution in [0, 0.1) is 12.7 Å². The SMILES string of the molecule is Cc1ccccc1Oc1ccc(N2C(=S)N[C@@H](c3ccccn3)[C@H]2c2cccn2-c2ccccc2F)cc1. The zero-order valence-corrected chi connectivity index (χ0v) is 21.5. The second-order valence-electron chi connectivity index (χ2n) is 9.11. The molecule has 1 fully saturated rings. The van der Waals surface area contributed by atoms with Crippen LogP contribution in [0.4, 0.5) is 10.1 Å². The van der Waals surface area contributed by atoms with Gasteiger partial charge in [-0.1, -0.05) is 36.4 Å². The van der Waals surface area contributed by atoms with Gasteiger partial charge in [-0.2, -0.15) is 0 Å². The third kappa shape index (κ3) is 4.41. The molecular weight excluding hydrogens is 495 g/mol. The average molecular weight is 521 g/mol. The van der Waals surface area contributed by atoms with E-state index in [4.69, 9.17) is 17.0 Å². The second-order valence-corrected chi connectivity index (χ2v) is 9.50. The van der Waals surface area contributed by atoms with E-state index in [1.807, 2.05) is 103 Å². The molecule has 0 saturated carbocycles. The molecule has 0 aliphatic carbocycles. The van der Waals surface area contributed by atoms with Gasteiger partial charge in [-0.15, -0.1) is 0 Å². The quantitative estimate of drug-likeness (QED) is 0.238. The minimum absolute atomic E-state index is 0.244. The molecule has 1 aliphatic rings. The number of nitrogens with zero attached hydrogens (tertiary/aromatic N) is 3. The number of pyridine rings is 1. The van der Waals surface area contributed by atoms with E-state index >= 15 is 0 Å². The third-order valence-corrected chi connectivity index (χ3v) is 7.04. The van der Waals surface area contributed by atoms with Crippen molar-refractivity contribution in [2.45, 2.75) is 19.0 Å². The summed E-state index contributed by atoms with van der Waals surface area (Å²) in [5.74, 6) is 1.25. The van der Waals surface area contributed by atoms with Crippen LogP contribution in [0.2, 0.25) is 0 Å². The number of thiocarbonyl (C=S) groups is 1. The molecule has 0 amide bonds. The van der Waals surface area contributed by atoms with Gasteiger partial charge in [0.15, 0.2) is 5.11 Å². The Morgan fingerprint density at radius 1 is 0.868 bits per heavy atom. The van der Waals surface area contributed by atoms with Gasteiger partial charge >= 0.3 is 0 Å². The fourth-order valence-corrected chi connectivity index (χ4v) is 5.25. The summed E-state index contributed by atoms with van der Waals surface area (Å²) in [6, 6.07) is 31.8. The first kappa shape index (κ1) is 23.9. The smallest absolute Gasteiger partial charge is 0.174 e. The number of aryl methyl sites for hydroxylation is 1. The minimum atomic E-state index is -0.294. The Bertz CT molecular complexity index is 1590. The molecule has 188 valence electrons. The number of nitrogens with one attached hydrogen (secondary N) is 1. The standard InChI is InChI=1S/C31H25FN4OS/c1-21-9-2-5-14-28(21)37-23-17-15-22(16-18-23)36-30(29(34-31(36)38)25-11-6-7-19-33-25)27-13-8-20-35(27)26-12-4-3-10-24(26)32/h2-20,29-30H,1H3,(H,34,38)/t29-,30+/m0/s1. The van der Waals surface area contributed by atoms with Crippen molar-refractivity contribution in [3.8, 4) is 17.2 Å². The highest BCUT2D eigenvalue weighted by atomic mass is 32.1. The lowest BCUT2D eigenvalue weighted by Crippen LogP contribution is -2.30. The summed E-state index contributed by atoms with van der Waals surface area (Å²) in [5.41, 5.74) is 4.17. The fourth-order valence-electron chi connectivity index (χ4n) is 4.91. The highest BCUT2D eigenvalue weighted by molar-refractivity contribution is 7.80. The van der Waals surface area contributed by atoms with Gasteiger partial charge in [0.05, 0.1) is 17.4 Å². The Morgan fingerprint density at radius 3 is 2.39 bits per heavy atom. The molecule has 38 heavy (non-hydrogen) atoms. The van der Waals surface area contributed by atoms with Crippen LogP contribution < -0.4 is 15.0 Å². The lowest BCUT2D eigenvalue weighted by Gasteiger charge is -2.29. The lowest BCUT2D eigenvalue weighted by molar-refractivity contribution is 0.479. The molecular formula is C31H25FN4OS. The Hall–Kier alpha value is -4.49. The van der Waals surface area contributed by atoms with Crippen LogP contribution >= 0.6 is 12.2 Å². The molecule has 7 heteroatoms. The summed E-state index contributed by atoms with van der Waals surface area (Å²) in [4.78, 5) is 6.69. The monoisotopic (exact) mass is 520 g/mol. The summed E-state index contributed by atoms with van der Waals surface area (Å²) in [5, 5.41) is 4.04. The van der Waals surface area contributed by atoms with E-state index in [0.717, 1.165) is 34.1 Å². The van der Waals surface area contributed by atoms with Gasteiger partial charge in [-0.05, 0) is 91.4 Å². The molecule has 0 spiro atoms. The number of halogens is 1. The Kier molecular flexibility index (Phi) is 6.35. The molecule has 1 saturated heterocycles. The molecule has 1 aliphatic heterocycles. The van der Waals surface area contributed by atoms with E-state index in [9.17, 15) is 4.39 Å². The van der Waals surface area contributed by atoms with Crippen molar-refractivity contribution in [3.05, 3.63) is 138 Å². The predicted octanol–water partition coefficient (Wildman–Crippen LogP) is 7.29. The van der Waals surface area contributed by atoms with Gasteiger partial charge in [0.25, 0.3) is 0 Å². The minimum Gasteiger partial charge on any atom is -0.457 e. The number of rotatable bonds is 6. The van der Waals surface area contributed by atoms with Crippen LogP contribution in [0.15, 0.2) is 116 Å². The highest BCUT2D eigenvalue weighted by Gasteiger charge is 2.42. The zero-order chi connectivity index (χ0) is 26.1. The highest BCUT2D eigenvalue weighted by Crippen LogP contribution is 2.43. The van der Waals surface area contributed by atoms with Crippen LogP contribution in [0.25, 0.3) is 5.69 Å². The van der Waals surface area contributed by atoms with Crippen LogP contribution in [-0.2, 0) is 0 Å². The van der Waals surface area contributed by atoms with Crippen molar-refractivity contribution in [2.75, 3.05) is 4.90 Å². The molecule has 5 nitrogen and oxygen atoms in total. The molecule has 0 bridgehead atoms. The van der Waals surface area contributed by atoms with Crippen LogP contribution in [0.5, 0.6) is 11.5 Å². The number of ether oxygens (including phenoxy) is 1. The van der Waals surface area contributed by atoms with Gasteiger partial charge < -0.3 is 19.5 Å². The Labute approximate surface area is 226 Å². The van der Waals surface area contributed by atoms with Crippen molar-refractivity contribution >= 4 is 23.0 Å². The van der Waals surface area contributed by atoms with E-state index in [0.29, 0.717) is 10.8 Å². The molecule has 0 unspecified atom stereocenters. The van der Waals surface area contributed by atoms with E-state index in [-0.39, 0.29) is 17.9 Å². The Balaban J connectivity index is 1.41. The summed E-state index contributed by atoms with van der Waals surface area (Å²) >= 11 is 5.86. The van der Waals surface area contributed by atoms with Gasteiger partial charge in [0, 0.05) is 23.8 Å². The number of benzene rings is 3. The van der Waals surface area contributed by atoms with E-state index < -0.39 is 0 Å². The first-order valence-corrected chi connectivity index (χ1v) is 12.8. The molecule has 3 aromatic carbocycles. The number of hydrogen-bond acceptors (Lipinski definition) is 3. The maximum Gasteiger partial charge on any atom is 0.174 e. The number of hydrogen-bond donors (Lipinski definition) is 1. The summed E-state index contributed by atoms with van der Waals surface area (Å²) < 4.78 is 22.9. The molecule has 3 heterocycles. The van der Waals surface area contributed by atoms with Crippen LogP contribution in [0.3, 0.4) is 0 Å². The van der Waals surface area contributed by atoms with Gasteiger partial charge in [-0.25, -0.2) is 4.39 Å². The van der Waals surface area contributed by atoms with Crippen LogP contribution in [-0.4, -0.2) is 14.7 Å². The molecule has 6 rings (SSSR count). The maximum atomic E-state index is 14.9. The predicted molar refractivity (Wildman–Crippen MR) is 151 cm³/mol. The second kappa shape index (κ2) is 10.1. The van der Waals surface area contributed by atoms with Gasteiger partial charge in [0.2, 0.25) is 0 Å². The number of anilines is 1. The molecule has 2 aromatic heterocycles. The van der Waals surface area contributed by atoms with Crippen molar-refractivity contribution in [2.24, 2.45) is 0 Å². The summed E-state index contributed by atoms with van der Waals surface area (Å²) in [6.45, 7) is 2.02. The first-order valence-electron chi connectivity index (χ1n) is 12.4. The first-order chi connectivity index (χ1) is 18.6. The zero-order valence-electron chi connectivity index (χ0n) is 20.7. The summed E-state index contributed by atoms with van der Waals surface area (Å²) in [7, 11) is 0. The molecule has 5 aromatic rings. The normalized spacial score (nSPS) is 16.9. The topological polar surface area (TPSA) is 42.3 Å². The van der Waals surface area contributed by atoms with E-state index in [1.165, 1.54) is 6.07 Å². The van der Waals surface area contributed by atoms with Gasteiger partial charge in [-0.3, -0.25) is 4.98 Å². The van der Waals surface area contributed by atoms with Crippen LogP contribution in [0.1, 0.15) is 29.0 Å². The average Bonchev–Trinajstić information content (AvgIpc) is 3.55. The molecule has 0 radical (unpaired) electrons. The van der Waals surface area contributed by atoms with Gasteiger partial charge in [0.1, 0.15) is 23.4 Å². The number of aromatic nitrogens is 2. The molecule has 1 N–H and O–H groups in total. The van der Waals surface area contributed by atoms with Crippen molar-refractivity contribution in [1.82, 2.24) is 14.9 Å². The maximum absolute atomic E-state index is 14.9. The number of para-hydroxylation sites is 2. The molecule has 2 atom stereocenters. The van der Waals surface area contributed by atoms with Crippen molar-refractivity contribution < 1.29 is 9.13 Å². The largest absolute Gasteiger partial charge is 0.457 e. The lowest BCUT2D eigenvalue weighted by atomic mass is 10.0. The summed E-state index contributed by atoms with van der Waals surface area (Å²) in [6.07, 6.45) is 3.65. The fraction of sp³-hybridized carbons (Fsp3) is 0.0968. The Morgan fingerprint density at radius 2 is 1.63 bits per heavy atom. The van der Waals surface area contributed by atoms with Crippen molar-refractivity contribution in [3.63, 3.8) is 0 Å². The third-order valence-electron chi connectivity index (χ3n) is 6.73.